The number of anilines is 1. The summed E-state index contributed by atoms with van der Waals surface area (Å²) < 4.78 is 0. The number of benzene rings is 4. The molecule has 0 heterocycles. The van der Waals surface area contributed by atoms with Gasteiger partial charge in [0.25, 0.3) is 5.91 Å². The van der Waals surface area contributed by atoms with Crippen LogP contribution >= 0.6 is 0 Å². The van der Waals surface area contributed by atoms with Gasteiger partial charge in [0.2, 0.25) is 23.6 Å². The van der Waals surface area contributed by atoms with Gasteiger partial charge in [-0.3, -0.25) is 24.0 Å². The molecule has 5 amide bonds. The van der Waals surface area contributed by atoms with E-state index in [9.17, 15) is 24.0 Å². The Hall–Kier alpha value is -5.81. The Morgan fingerprint density at radius 1 is 0.642 bits per heavy atom. The fourth-order valence-electron chi connectivity index (χ4n) is 5.66. The van der Waals surface area contributed by atoms with Gasteiger partial charge in [0.05, 0.1) is 0 Å². The number of carbonyl (C=O) groups excluding carboxylic acids is 5. The minimum absolute atomic E-state index is 0.196. The van der Waals surface area contributed by atoms with Crippen LogP contribution in [0.15, 0.2) is 115 Å². The maximum Gasteiger partial charge on any atom is 0.251 e. The van der Waals surface area contributed by atoms with Crippen molar-refractivity contribution in [2.24, 2.45) is 11.7 Å². The maximum absolute atomic E-state index is 13.7. The third-order valence-electron chi connectivity index (χ3n) is 8.68. The SMILES string of the molecule is CC(C)[C@H](NC(=O)c1ccc(N(CC(=O)NCc2ccccc2)C(=O)CCCCN)cc1)C(=O)N[C@@H](Cc1ccccc1)C(=O)NCc1ccccc1. The van der Waals surface area contributed by atoms with Crippen molar-refractivity contribution in [2.45, 2.75) is 64.7 Å². The zero-order chi connectivity index (χ0) is 38.0. The van der Waals surface area contributed by atoms with Gasteiger partial charge in [-0.15, -0.1) is 0 Å². The Kier molecular flexibility index (Phi) is 15.8. The lowest BCUT2D eigenvalue weighted by molar-refractivity contribution is -0.130. The monoisotopic (exact) mass is 718 g/mol. The summed E-state index contributed by atoms with van der Waals surface area (Å²) in [6, 6.07) is 32.9. The number of nitrogens with zero attached hydrogens (tertiary/aromatic N) is 1. The molecule has 11 nitrogen and oxygen atoms in total. The second kappa shape index (κ2) is 20.9. The van der Waals surface area contributed by atoms with Crippen molar-refractivity contribution in [1.82, 2.24) is 21.3 Å². The van der Waals surface area contributed by atoms with Gasteiger partial charge in [0.1, 0.15) is 18.6 Å². The number of nitrogens with one attached hydrogen (secondary N) is 4. The molecule has 0 saturated heterocycles. The lowest BCUT2D eigenvalue weighted by Gasteiger charge is -2.26. The Bertz CT molecular complexity index is 1770. The second-order valence-electron chi connectivity index (χ2n) is 13.2. The van der Waals surface area contributed by atoms with E-state index in [0.717, 1.165) is 16.7 Å². The fourth-order valence-corrected chi connectivity index (χ4v) is 5.66. The van der Waals surface area contributed by atoms with Gasteiger partial charge in [-0.25, -0.2) is 0 Å². The zero-order valence-corrected chi connectivity index (χ0v) is 30.4. The van der Waals surface area contributed by atoms with E-state index in [2.05, 4.69) is 21.3 Å². The van der Waals surface area contributed by atoms with Crippen LogP contribution in [0.2, 0.25) is 0 Å². The lowest BCUT2D eigenvalue weighted by Crippen LogP contribution is -2.56. The van der Waals surface area contributed by atoms with Crippen molar-refractivity contribution in [3.63, 3.8) is 0 Å². The van der Waals surface area contributed by atoms with Crippen molar-refractivity contribution in [3.05, 3.63) is 138 Å². The number of nitrogens with two attached hydrogens (primary N) is 1. The minimum Gasteiger partial charge on any atom is -0.350 e. The van der Waals surface area contributed by atoms with Crippen LogP contribution in [0, 0.1) is 5.92 Å². The summed E-state index contributed by atoms with van der Waals surface area (Å²) in [4.78, 5) is 68.2. The smallest absolute Gasteiger partial charge is 0.251 e. The number of unbranched alkanes of at least 4 members (excludes halogenated alkanes) is 1. The third-order valence-corrected chi connectivity index (χ3v) is 8.68. The fraction of sp³-hybridized carbons (Fsp3) is 0.310. The first-order chi connectivity index (χ1) is 25.6. The molecule has 11 heteroatoms. The van der Waals surface area contributed by atoms with Gasteiger partial charge in [0, 0.05) is 37.2 Å². The Balaban J connectivity index is 1.44. The first-order valence-electron chi connectivity index (χ1n) is 18.0. The molecule has 0 aliphatic carbocycles. The first-order valence-corrected chi connectivity index (χ1v) is 18.0. The Morgan fingerprint density at radius 3 is 1.74 bits per heavy atom. The first kappa shape index (κ1) is 40.0. The topological polar surface area (TPSA) is 163 Å². The zero-order valence-electron chi connectivity index (χ0n) is 30.4. The van der Waals surface area contributed by atoms with Crippen LogP contribution in [0.25, 0.3) is 0 Å². The predicted molar refractivity (Wildman–Crippen MR) is 206 cm³/mol. The van der Waals surface area contributed by atoms with Crippen LogP contribution in [0.3, 0.4) is 0 Å². The molecule has 0 aliphatic rings. The van der Waals surface area contributed by atoms with Gasteiger partial charge in [-0.2, -0.15) is 0 Å². The molecule has 0 spiro atoms. The lowest BCUT2D eigenvalue weighted by atomic mass is 10.0. The second-order valence-corrected chi connectivity index (χ2v) is 13.2. The van der Waals surface area contributed by atoms with E-state index in [0.29, 0.717) is 38.2 Å². The highest BCUT2D eigenvalue weighted by Gasteiger charge is 2.29. The molecule has 278 valence electrons. The molecule has 0 bridgehead atoms. The van der Waals surface area contributed by atoms with E-state index in [1.807, 2.05) is 105 Å². The summed E-state index contributed by atoms with van der Waals surface area (Å²) in [6.45, 7) is 4.51. The average molecular weight is 719 g/mol. The third kappa shape index (κ3) is 13.0. The molecule has 4 aromatic rings. The Labute approximate surface area is 311 Å². The molecule has 0 aromatic heterocycles. The predicted octanol–water partition coefficient (Wildman–Crippen LogP) is 4.26. The van der Waals surface area contributed by atoms with E-state index >= 15 is 0 Å². The minimum atomic E-state index is -0.948. The Morgan fingerprint density at radius 2 is 1.19 bits per heavy atom. The van der Waals surface area contributed by atoms with Crippen molar-refractivity contribution < 1.29 is 24.0 Å². The molecule has 4 aromatic carbocycles. The summed E-state index contributed by atoms with van der Waals surface area (Å²) in [5.74, 6) is -2.20. The normalized spacial score (nSPS) is 11.9. The molecular formula is C42H50N6O5. The van der Waals surface area contributed by atoms with Crippen LogP contribution in [0.4, 0.5) is 5.69 Å². The number of hydrogen-bond acceptors (Lipinski definition) is 6. The van der Waals surface area contributed by atoms with Gasteiger partial charge in [0.15, 0.2) is 0 Å². The van der Waals surface area contributed by atoms with Crippen molar-refractivity contribution in [1.29, 1.82) is 0 Å². The number of hydrogen-bond donors (Lipinski definition) is 5. The van der Waals surface area contributed by atoms with Gasteiger partial charge >= 0.3 is 0 Å². The summed E-state index contributed by atoms with van der Waals surface area (Å²) in [5.41, 5.74) is 9.08. The van der Waals surface area contributed by atoms with Crippen LogP contribution in [0.5, 0.6) is 0 Å². The number of carbonyl (C=O) groups is 5. The molecule has 53 heavy (non-hydrogen) atoms. The standard InChI is InChI=1S/C42H50N6O5/c1-30(2)39(42(53)46-36(26-31-14-6-3-7-15-31)41(52)45-28-33-18-10-5-11-19-33)47-40(51)34-21-23-35(24-22-34)48(38(50)20-12-13-25-43)29-37(49)44-27-32-16-8-4-9-17-32/h3-11,14-19,21-24,30,36,39H,12-13,20,25-29,43H2,1-2H3,(H,44,49)(H,45,52)(H,46,53)(H,47,51)/t36-,39-/m0/s1. The molecular weight excluding hydrogens is 668 g/mol. The van der Waals surface area contributed by atoms with Crippen molar-refractivity contribution in [2.75, 3.05) is 18.0 Å². The highest BCUT2D eigenvalue weighted by molar-refractivity contribution is 6.01. The molecule has 6 N–H and O–H groups in total. The van der Waals surface area contributed by atoms with Crippen molar-refractivity contribution in [3.8, 4) is 0 Å². The number of rotatable bonds is 19. The molecule has 0 radical (unpaired) electrons. The molecule has 0 aliphatic heterocycles. The van der Waals surface area contributed by atoms with E-state index in [1.165, 1.54) is 4.90 Å². The average Bonchev–Trinajstić information content (AvgIpc) is 3.18. The van der Waals surface area contributed by atoms with E-state index in [4.69, 9.17) is 5.73 Å². The van der Waals surface area contributed by atoms with E-state index in [1.54, 1.807) is 24.3 Å². The van der Waals surface area contributed by atoms with Gasteiger partial charge < -0.3 is 31.9 Å². The molecule has 4 rings (SSSR count). The van der Waals surface area contributed by atoms with Crippen LogP contribution in [0.1, 0.15) is 60.2 Å². The maximum atomic E-state index is 13.7. The van der Waals surface area contributed by atoms with E-state index in [-0.39, 0.29) is 48.6 Å². The largest absolute Gasteiger partial charge is 0.350 e. The summed E-state index contributed by atoms with van der Waals surface area (Å²) in [7, 11) is 0. The van der Waals surface area contributed by atoms with Crippen LogP contribution in [-0.2, 0) is 38.7 Å². The van der Waals surface area contributed by atoms with Crippen LogP contribution in [-0.4, -0.2) is 54.7 Å². The summed E-state index contributed by atoms with van der Waals surface area (Å²) in [5, 5.41) is 11.5. The summed E-state index contributed by atoms with van der Waals surface area (Å²) >= 11 is 0. The molecule has 0 fully saturated rings. The van der Waals surface area contributed by atoms with E-state index < -0.39 is 23.9 Å². The van der Waals surface area contributed by atoms with Crippen molar-refractivity contribution >= 4 is 35.2 Å². The quantitative estimate of drug-likeness (QED) is 0.0911. The molecule has 0 saturated carbocycles. The van der Waals surface area contributed by atoms with Gasteiger partial charge in [-0.1, -0.05) is 105 Å². The number of amides is 5. The molecule has 0 unspecified atom stereocenters. The van der Waals surface area contributed by atoms with Crippen LogP contribution < -0.4 is 31.9 Å². The van der Waals surface area contributed by atoms with Gasteiger partial charge in [-0.05, 0) is 66.3 Å². The highest BCUT2D eigenvalue weighted by atomic mass is 16.2. The summed E-state index contributed by atoms with van der Waals surface area (Å²) in [6.07, 6.45) is 1.73. The molecule has 2 atom stereocenters. The highest BCUT2D eigenvalue weighted by Crippen LogP contribution is 2.18.